The second-order valence-electron chi connectivity index (χ2n) is 7.33. The van der Waals surface area contributed by atoms with E-state index in [1.54, 1.807) is 7.11 Å². The lowest BCUT2D eigenvalue weighted by atomic mass is 10.1. The van der Waals surface area contributed by atoms with Crippen LogP contribution in [0.25, 0.3) is 33.6 Å². The Morgan fingerprint density at radius 3 is 2.74 bits per heavy atom. The molecule has 1 N–H and O–H groups in total. The Labute approximate surface area is 179 Å². The van der Waals surface area contributed by atoms with E-state index in [1.807, 2.05) is 48.5 Å². The van der Waals surface area contributed by atoms with E-state index in [1.165, 1.54) is 0 Å². The van der Waals surface area contributed by atoms with Crippen LogP contribution in [0.2, 0.25) is 0 Å². The predicted octanol–water partition coefficient (Wildman–Crippen LogP) is 4.02. The number of nitriles is 1. The van der Waals surface area contributed by atoms with Crippen molar-refractivity contribution in [1.29, 1.82) is 5.26 Å². The van der Waals surface area contributed by atoms with E-state index < -0.39 is 0 Å². The highest BCUT2D eigenvalue weighted by Crippen LogP contribution is 2.30. The van der Waals surface area contributed by atoms with Crippen molar-refractivity contribution in [2.45, 2.75) is 0 Å². The van der Waals surface area contributed by atoms with Gasteiger partial charge < -0.3 is 19.4 Å². The number of imidazole rings is 1. The number of pyridine rings is 1. The fourth-order valence-electron chi connectivity index (χ4n) is 3.81. The monoisotopic (exact) mass is 411 g/mol. The number of H-pyrrole nitrogens is 1. The van der Waals surface area contributed by atoms with Crippen molar-refractivity contribution in [1.82, 2.24) is 15.0 Å². The average molecular weight is 411 g/mol. The van der Waals surface area contributed by atoms with Crippen molar-refractivity contribution in [3.63, 3.8) is 0 Å². The molecule has 154 valence electrons. The molecular weight excluding hydrogens is 390 g/mol. The molecule has 5 rings (SSSR count). The normalized spacial score (nSPS) is 14.7. The van der Waals surface area contributed by atoms with E-state index in [2.05, 4.69) is 27.0 Å². The smallest absolute Gasteiger partial charge is 0.149 e. The Morgan fingerprint density at radius 2 is 1.97 bits per heavy atom. The fraction of sp³-hybridized carbons (Fsp3) is 0.208. The van der Waals surface area contributed by atoms with Crippen LogP contribution in [0.15, 0.2) is 48.5 Å². The molecule has 0 spiro atoms. The molecule has 7 nitrogen and oxygen atoms in total. The first-order valence-corrected chi connectivity index (χ1v) is 10.1. The van der Waals surface area contributed by atoms with Crippen molar-refractivity contribution in [3.05, 3.63) is 59.9 Å². The van der Waals surface area contributed by atoms with Gasteiger partial charge in [-0.1, -0.05) is 12.1 Å². The zero-order valence-electron chi connectivity index (χ0n) is 17.1. The summed E-state index contributed by atoms with van der Waals surface area (Å²) in [6, 6.07) is 17.9. The van der Waals surface area contributed by atoms with Crippen LogP contribution in [-0.4, -0.2) is 48.4 Å². The third-order valence-corrected chi connectivity index (χ3v) is 5.41. The zero-order chi connectivity index (χ0) is 21.2. The van der Waals surface area contributed by atoms with Crippen LogP contribution in [0.4, 0.5) is 5.82 Å². The number of nitrogens with zero attached hydrogens (tertiary/aromatic N) is 4. The van der Waals surface area contributed by atoms with Gasteiger partial charge in [0, 0.05) is 24.0 Å². The maximum absolute atomic E-state index is 9.91. The molecule has 7 heteroatoms. The van der Waals surface area contributed by atoms with Crippen molar-refractivity contribution < 1.29 is 9.47 Å². The minimum Gasteiger partial charge on any atom is -0.497 e. The van der Waals surface area contributed by atoms with Crippen LogP contribution in [0.1, 0.15) is 11.4 Å². The Kier molecular flexibility index (Phi) is 4.98. The third kappa shape index (κ3) is 3.69. The van der Waals surface area contributed by atoms with E-state index in [9.17, 15) is 5.26 Å². The van der Waals surface area contributed by atoms with Gasteiger partial charge in [-0.3, -0.25) is 0 Å². The summed E-state index contributed by atoms with van der Waals surface area (Å²) in [4.78, 5) is 15.0. The van der Waals surface area contributed by atoms with Gasteiger partial charge in [0.15, 0.2) is 0 Å². The minimum atomic E-state index is 0.453. The number of aromatic nitrogens is 3. The highest BCUT2D eigenvalue weighted by molar-refractivity contribution is 5.95. The Morgan fingerprint density at radius 1 is 1.13 bits per heavy atom. The van der Waals surface area contributed by atoms with E-state index in [0.29, 0.717) is 24.6 Å². The Hall–Kier alpha value is -3.89. The predicted molar refractivity (Wildman–Crippen MR) is 121 cm³/mol. The largest absolute Gasteiger partial charge is 0.497 e. The van der Waals surface area contributed by atoms with Gasteiger partial charge in [0.25, 0.3) is 0 Å². The topological polar surface area (TPSA) is 87.1 Å². The average Bonchev–Trinajstić information content (AvgIpc) is 3.26. The van der Waals surface area contributed by atoms with E-state index in [0.717, 1.165) is 52.2 Å². The van der Waals surface area contributed by atoms with Crippen molar-refractivity contribution >= 4 is 39.4 Å². The van der Waals surface area contributed by atoms with Gasteiger partial charge in [-0.25, -0.2) is 9.97 Å². The molecule has 0 unspecified atom stereocenters. The number of fused-ring (bicyclic) bond motifs is 2. The number of hydrogen-bond acceptors (Lipinski definition) is 6. The van der Waals surface area contributed by atoms with Gasteiger partial charge in [-0.05, 0) is 42.5 Å². The molecular formula is C24H21N5O2. The van der Waals surface area contributed by atoms with Crippen molar-refractivity contribution in [3.8, 4) is 11.8 Å². The lowest BCUT2D eigenvalue weighted by Gasteiger charge is -2.29. The van der Waals surface area contributed by atoms with Gasteiger partial charge in [-0.15, -0.1) is 0 Å². The number of methoxy groups -OCH3 is 1. The lowest BCUT2D eigenvalue weighted by molar-refractivity contribution is 0.122. The fourth-order valence-corrected chi connectivity index (χ4v) is 3.81. The first kappa shape index (κ1) is 19.1. The second kappa shape index (κ2) is 8.09. The maximum Gasteiger partial charge on any atom is 0.149 e. The molecule has 31 heavy (non-hydrogen) atoms. The first-order valence-electron chi connectivity index (χ1n) is 10.1. The number of rotatable bonds is 4. The zero-order valence-corrected chi connectivity index (χ0v) is 17.1. The highest BCUT2D eigenvalue weighted by atomic mass is 16.5. The summed E-state index contributed by atoms with van der Waals surface area (Å²) in [5, 5.41) is 10.9. The number of ether oxygens (including phenoxy) is 2. The molecule has 1 fully saturated rings. The molecule has 4 aromatic rings. The molecule has 1 saturated heterocycles. The lowest BCUT2D eigenvalue weighted by Crippen LogP contribution is -2.37. The number of allylic oxidation sites excluding steroid dienone is 1. The molecule has 2 aromatic heterocycles. The summed E-state index contributed by atoms with van der Waals surface area (Å²) in [6.45, 7) is 2.81. The molecule has 1 aliphatic rings. The molecule has 0 saturated carbocycles. The number of para-hydroxylation sites is 2. The van der Waals surface area contributed by atoms with Gasteiger partial charge in [-0.2, -0.15) is 5.26 Å². The molecule has 2 aromatic carbocycles. The molecule has 0 aliphatic carbocycles. The summed E-state index contributed by atoms with van der Waals surface area (Å²) in [5.41, 5.74) is 3.91. The van der Waals surface area contributed by atoms with Gasteiger partial charge in [0.1, 0.15) is 23.5 Å². The molecule has 0 bridgehead atoms. The number of nitrogens with one attached hydrogen (secondary N) is 1. The van der Waals surface area contributed by atoms with Gasteiger partial charge in [0.2, 0.25) is 0 Å². The van der Waals surface area contributed by atoms with Gasteiger partial charge >= 0.3 is 0 Å². The molecule has 3 heterocycles. The van der Waals surface area contributed by atoms with E-state index >= 15 is 0 Å². The van der Waals surface area contributed by atoms with Crippen LogP contribution in [0.5, 0.6) is 5.75 Å². The molecule has 0 radical (unpaired) electrons. The van der Waals surface area contributed by atoms with E-state index in [-0.39, 0.29) is 0 Å². The summed E-state index contributed by atoms with van der Waals surface area (Å²) < 4.78 is 10.9. The first-order chi connectivity index (χ1) is 15.2. The standard InChI is InChI=1S/C24H21N5O2/c1-30-19-6-7-20-16(14-19)12-17(24(28-20)29-8-10-31-11-9-29)13-18(15-25)23-26-21-4-2-3-5-22(21)27-23/h2-7,12-14H,8-11H2,1H3,(H,26,27)/b18-13-. The van der Waals surface area contributed by atoms with Crippen molar-refractivity contribution in [2.75, 3.05) is 38.3 Å². The van der Waals surface area contributed by atoms with Crippen LogP contribution in [0, 0.1) is 11.3 Å². The number of hydrogen-bond donors (Lipinski definition) is 1. The van der Waals surface area contributed by atoms with Gasteiger partial charge in [0.05, 0.1) is 42.4 Å². The van der Waals surface area contributed by atoms with Crippen LogP contribution >= 0.6 is 0 Å². The summed E-state index contributed by atoms with van der Waals surface area (Å²) in [6.07, 6.45) is 1.86. The number of anilines is 1. The molecule has 0 atom stereocenters. The Balaban J connectivity index is 1.67. The SMILES string of the molecule is COc1ccc2nc(N3CCOCC3)c(/C=C(/C#N)c3nc4ccccc4[nH]3)cc2c1. The highest BCUT2D eigenvalue weighted by Gasteiger charge is 2.18. The van der Waals surface area contributed by atoms with Crippen LogP contribution < -0.4 is 9.64 Å². The molecule has 1 aliphatic heterocycles. The third-order valence-electron chi connectivity index (χ3n) is 5.41. The maximum atomic E-state index is 9.91. The number of benzene rings is 2. The van der Waals surface area contributed by atoms with Crippen LogP contribution in [-0.2, 0) is 4.74 Å². The summed E-state index contributed by atoms with van der Waals surface area (Å²) in [7, 11) is 1.65. The van der Waals surface area contributed by atoms with Crippen molar-refractivity contribution in [2.24, 2.45) is 0 Å². The number of morpholine rings is 1. The minimum absolute atomic E-state index is 0.453. The summed E-state index contributed by atoms with van der Waals surface area (Å²) in [5.74, 6) is 2.15. The Bertz CT molecular complexity index is 1300. The number of aromatic amines is 1. The molecule has 0 amide bonds. The summed E-state index contributed by atoms with van der Waals surface area (Å²) >= 11 is 0. The quantitative estimate of drug-likeness (QED) is 0.511. The van der Waals surface area contributed by atoms with Crippen LogP contribution in [0.3, 0.4) is 0 Å². The van der Waals surface area contributed by atoms with E-state index in [4.69, 9.17) is 14.5 Å². The second-order valence-corrected chi connectivity index (χ2v) is 7.33.